The number of imidazole rings is 1. The summed E-state index contributed by atoms with van der Waals surface area (Å²) in [6.07, 6.45) is 5.85. The van der Waals surface area contributed by atoms with E-state index in [0.717, 1.165) is 6.54 Å². The molecule has 0 aromatic carbocycles. The van der Waals surface area contributed by atoms with Crippen LogP contribution < -0.4 is 5.73 Å². The van der Waals surface area contributed by atoms with Crippen molar-refractivity contribution in [3.8, 4) is 0 Å². The number of rotatable bonds is 6. The van der Waals surface area contributed by atoms with Gasteiger partial charge in [-0.3, -0.25) is 0 Å². The second kappa shape index (κ2) is 5.77. The van der Waals surface area contributed by atoms with E-state index in [-0.39, 0.29) is 0 Å². The van der Waals surface area contributed by atoms with E-state index in [1.165, 1.54) is 12.0 Å². The molecule has 0 saturated heterocycles. The second-order valence-electron chi connectivity index (χ2n) is 4.68. The highest BCUT2D eigenvalue weighted by Gasteiger charge is 2.18. The van der Waals surface area contributed by atoms with Crippen molar-refractivity contribution in [1.29, 1.82) is 0 Å². The average molecular weight is 249 g/mol. The summed E-state index contributed by atoms with van der Waals surface area (Å²) in [7, 11) is 0. The zero-order chi connectivity index (χ0) is 13.0. The van der Waals surface area contributed by atoms with Crippen molar-refractivity contribution in [2.75, 3.05) is 6.54 Å². The Balaban J connectivity index is 2.07. The normalized spacial score (nSPS) is 13.1. The first-order chi connectivity index (χ1) is 8.72. The van der Waals surface area contributed by atoms with E-state index in [4.69, 9.17) is 10.3 Å². The van der Waals surface area contributed by atoms with Crippen molar-refractivity contribution in [3.05, 3.63) is 30.4 Å². The molecule has 18 heavy (non-hydrogen) atoms. The Hall–Kier alpha value is -1.69. The summed E-state index contributed by atoms with van der Waals surface area (Å²) in [5, 5.41) is 3.59. The van der Waals surface area contributed by atoms with E-state index < -0.39 is 0 Å². The second-order valence-corrected chi connectivity index (χ2v) is 4.68. The van der Waals surface area contributed by atoms with Crippen LogP contribution in [-0.2, 0) is 13.0 Å². The highest BCUT2D eigenvalue weighted by Crippen LogP contribution is 2.23. The fraction of sp³-hybridized carbons (Fsp3) is 0.583. The molecule has 0 aliphatic heterocycles. The van der Waals surface area contributed by atoms with Gasteiger partial charge in [-0.1, -0.05) is 19.0 Å². The summed E-state index contributed by atoms with van der Waals surface area (Å²) in [5.41, 5.74) is 7.02. The standard InChI is InChI=1S/C12H19N5O/c1-9(2)10(5-13)11-6-14-8-17(11)4-3-12-15-7-16-18-12/h6-10H,3-5,13H2,1-2H3. The van der Waals surface area contributed by atoms with Crippen LogP contribution in [0.4, 0.5) is 0 Å². The van der Waals surface area contributed by atoms with Gasteiger partial charge in [0.1, 0.15) is 0 Å². The van der Waals surface area contributed by atoms with Crippen molar-refractivity contribution in [1.82, 2.24) is 19.7 Å². The molecule has 2 aromatic heterocycles. The molecular weight excluding hydrogens is 230 g/mol. The third kappa shape index (κ3) is 2.76. The Kier molecular flexibility index (Phi) is 4.09. The van der Waals surface area contributed by atoms with E-state index in [1.807, 2.05) is 12.5 Å². The lowest BCUT2D eigenvalue weighted by atomic mass is 9.93. The number of nitrogens with zero attached hydrogens (tertiary/aromatic N) is 4. The van der Waals surface area contributed by atoms with Crippen LogP contribution in [0.1, 0.15) is 31.4 Å². The van der Waals surface area contributed by atoms with Crippen LogP contribution in [0.25, 0.3) is 0 Å². The van der Waals surface area contributed by atoms with Gasteiger partial charge in [-0.05, 0) is 5.92 Å². The van der Waals surface area contributed by atoms with Gasteiger partial charge in [-0.2, -0.15) is 4.98 Å². The van der Waals surface area contributed by atoms with Crippen LogP contribution in [0.15, 0.2) is 23.4 Å². The Bertz CT molecular complexity index is 463. The molecule has 1 atom stereocenters. The molecule has 0 aliphatic carbocycles. The van der Waals surface area contributed by atoms with Crippen LogP contribution >= 0.6 is 0 Å². The van der Waals surface area contributed by atoms with Crippen LogP contribution in [0.2, 0.25) is 0 Å². The maximum Gasteiger partial charge on any atom is 0.228 e. The maximum atomic E-state index is 5.84. The number of hydrogen-bond donors (Lipinski definition) is 1. The Labute approximate surface area is 106 Å². The summed E-state index contributed by atoms with van der Waals surface area (Å²) >= 11 is 0. The quantitative estimate of drug-likeness (QED) is 0.832. The van der Waals surface area contributed by atoms with Crippen LogP contribution in [0, 0.1) is 5.92 Å². The minimum absolute atomic E-state index is 0.329. The van der Waals surface area contributed by atoms with Gasteiger partial charge in [0.2, 0.25) is 5.89 Å². The summed E-state index contributed by atoms with van der Waals surface area (Å²) < 4.78 is 7.10. The smallest absolute Gasteiger partial charge is 0.228 e. The first kappa shape index (κ1) is 12.8. The van der Waals surface area contributed by atoms with Crippen molar-refractivity contribution < 1.29 is 4.52 Å². The summed E-state index contributed by atoms with van der Waals surface area (Å²) in [5.74, 6) is 1.47. The maximum absolute atomic E-state index is 5.84. The molecule has 2 N–H and O–H groups in total. The Morgan fingerprint density at radius 3 is 2.89 bits per heavy atom. The van der Waals surface area contributed by atoms with Crippen molar-refractivity contribution in [2.45, 2.75) is 32.7 Å². The molecule has 2 aromatic rings. The van der Waals surface area contributed by atoms with Crippen molar-refractivity contribution in [3.63, 3.8) is 0 Å². The van der Waals surface area contributed by atoms with Crippen LogP contribution in [0.3, 0.4) is 0 Å². The minimum Gasteiger partial charge on any atom is -0.340 e. The molecule has 0 aliphatic rings. The average Bonchev–Trinajstić information content (AvgIpc) is 2.97. The zero-order valence-corrected chi connectivity index (χ0v) is 10.8. The molecule has 2 rings (SSSR count). The first-order valence-electron chi connectivity index (χ1n) is 6.18. The number of hydrogen-bond acceptors (Lipinski definition) is 5. The van der Waals surface area contributed by atoms with E-state index >= 15 is 0 Å². The van der Waals surface area contributed by atoms with E-state index in [9.17, 15) is 0 Å². The molecule has 0 amide bonds. The van der Waals surface area contributed by atoms with Gasteiger partial charge in [0.15, 0.2) is 6.33 Å². The van der Waals surface area contributed by atoms with Gasteiger partial charge in [-0.25, -0.2) is 4.98 Å². The number of nitrogens with two attached hydrogens (primary N) is 1. The van der Waals surface area contributed by atoms with Crippen molar-refractivity contribution >= 4 is 0 Å². The lowest BCUT2D eigenvalue weighted by molar-refractivity contribution is 0.368. The predicted molar refractivity (Wildman–Crippen MR) is 66.9 cm³/mol. The van der Waals surface area contributed by atoms with Gasteiger partial charge in [0.25, 0.3) is 0 Å². The fourth-order valence-corrected chi connectivity index (χ4v) is 2.08. The minimum atomic E-state index is 0.329. The number of aromatic nitrogens is 4. The van der Waals surface area contributed by atoms with E-state index in [0.29, 0.717) is 30.7 Å². The molecule has 0 radical (unpaired) electrons. The first-order valence-corrected chi connectivity index (χ1v) is 6.18. The van der Waals surface area contributed by atoms with Gasteiger partial charge in [-0.15, -0.1) is 0 Å². The van der Waals surface area contributed by atoms with E-state index in [2.05, 4.69) is 33.5 Å². The molecule has 1 unspecified atom stereocenters. The molecule has 98 valence electrons. The van der Waals surface area contributed by atoms with Gasteiger partial charge in [0, 0.05) is 37.3 Å². The third-order valence-corrected chi connectivity index (χ3v) is 3.16. The Morgan fingerprint density at radius 2 is 2.28 bits per heavy atom. The summed E-state index contributed by atoms with van der Waals surface area (Å²) in [4.78, 5) is 8.22. The molecular formula is C12H19N5O. The summed E-state index contributed by atoms with van der Waals surface area (Å²) in [6.45, 7) is 5.75. The molecule has 0 spiro atoms. The van der Waals surface area contributed by atoms with Crippen molar-refractivity contribution in [2.24, 2.45) is 11.7 Å². The lowest BCUT2D eigenvalue weighted by Gasteiger charge is -2.20. The molecule has 0 bridgehead atoms. The zero-order valence-electron chi connectivity index (χ0n) is 10.8. The Morgan fingerprint density at radius 1 is 1.44 bits per heavy atom. The third-order valence-electron chi connectivity index (χ3n) is 3.16. The predicted octanol–water partition coefficient (Wildman–Crippen LogP) is 1.21. The molecule has 6 nitrogen and oxygen atoms in total. The molecule has 0 fully saturated rings. The fourth-order valence-electron chi connectivity index (χ4n) is 2.08. The topological polar surface area (TPSA) is 82.8 Å². The summed E-state index contributed by atoms with van der Waals surface area (Å²) in [6, 6.07) is 0. The highest BCUT2D eigenvalue weighted by molar-refractivity contribution is 5.08. The van der Waals surface area contributed by atoms with Crippen LogP contribution in [-0.4, -0.2) is 26.2 Å². The highest BCUT2D eigenvalue weighted by atomic mass is 16.5. The van der Waals surface area contributed by atoms with Gasteiger partial charge >= 0.3 is 0 Å². The SMILES string of the molecule is CC(C)C(CN)c1cncn1CCc1ncno1. The van der Waals surface area contributed by atoms with Gasteiger partial charge < -0.3 is 14.8 Å². The lowest BCUT2D eigenvalue weighted by Crippen LogP contribution is -2.21. The molecule has 6 heteroatoms. The largest absolute Gasteiger partial charge is 0.340 e. The molecule has 2 heterocycles. The van der Waals surface area contributed by atoms with Gasteiger partial charge in [0.05, 0.1) is 6.33 Å². The number of aryl methyl sites for hydroxylation is 2. The monoisotopic (exact) mass is 249 g/mol. The van der Waals surface area contributed by atoms with Crippen LogP contribution in [0.5, 0.6) is 0 Å². The molecule has 0 saturated carbocycles. The van der Waals surface area contributed by atoms with E-state index in [1.54, 1.807) is 0 Å².